The molecule has 0 atom stereocenters. The fourth-order valence-electron chi connectivity index (χ4n) is 4.50. The standard InChI is InChI=1S/C16H14.C13H10/c1-11(2)14-10-9-13-6-3-5-12-7-4-8-15(14)16(12)13;1-4-10-6-2-8-12-9-3-7-11(5-1)13(10)12/h3-10H,1-2H3;1-8H,9H2. The third-order valence-electron chi connectivity index (χ3n) is 5.85. The van der Waals surface area contributed by atoms with Gasteiger partial charge in [-0.1, -0.05) is 103 Å². The van der Waals surface area contributed by atoms with Crippen molar-refractivity contribution in [3.05, 3.63) is 107 Å². The molecule has 140 valence electrons. The van der Waals surface area contributed by atoms with Gasteiger partial charge in [0, 0.05) is 0 Å². The van der Waals surface area contributed by atoms with Gasteiger partial charge in [-0.15, -0.1) is 0 Å². The Bertz CT molecular complexity index is 1400. The molecule has 29 heavy (non-hydrogen) atoms. The molecule has 0 fully saturated rings. The minimum Gasteiger partial charge on any atom is -0.0795 e. The van der Waals surface area contributed by atoms with Crippen LogP contribution < -0.4 is 5.22 Å². The molecule has 0 saturated heterocycles. The Balaban J connectivity index is 0.000000128. The SMILES string of the molecule is C1=Cc2cccc3cccc(c23)C1.CC(C)=c1ccc2cccc3cccc1c32. The van der Waals surface area contributed by atoms with Crippen LogP contribution in [-0.2, 0) is 6.42 Å². The normalized spacial score (nSPS) is 12.2. The molecule has 0 unspecified atom stereocenters. The van der Waals surface area contributed by atoms with Gasteiger partial charge in [0.1, 0.15) is 0 Å². The van der Waals surface area contributed by atoms with Crippen molar-refractivity contribution in [2.45, 2.75) is 20.3 Å². The Morgan fingerprint density at radius 1 is 0.621 bits per heavy atom. The Labute approximate surface area is 171 Å². The first kappa shape index (κ1) is 17.7. The summed E-state index contributed by atoms with van der Waals surface area (Å²) < 4.78 is 0. The van der Waals surface area contributed by atoms with Gasteiger partial charge >= 0.3 is 0 Å². The predicted molar refractivity (Wildman–Crippen MR) is 128 cm³/mol. The first-order valence-corrected chi connectivity index (χ1v) is 10.3. The van der Waals surface area contributed by atoms with Crippen molar-refractivity contribution in [2.75, 3.05) is 0 Å². The molecule has 6 rings (SSSR count). The monoisotopic (exact) mass is 372 g/mol. The number of allylic oxidation sites excluding steroid dienone is 1. The lowest BCUT2D eigenvalue weighted by atomic mass is 9.93. The van der Waals surface area contributed by atoms with Crippen LogP contribution in [0.4, 0.5) is 0 Å². The van der Waals surface area contributed by atoms with Gasteiger partial charge in [-0.2, -0.15) is 0 Å². The summed E-state index contributed by atoms with van der Waals surface area (Å²) in [5.74, 6) is 0. The lowest BCUT2D eigenvalue weighted by molar-refractivity contribution is 1.29. The highest BCUT2D eigenvalue weighted by Gasteiger charge is 2.06. The molecule has 0 heteroatoms. The molecule has 0 saturated carbocycles. The van der Waals surface area contributed by atoms with E-state index in [2.05, 4.69) is 111 Å². The number of hydrogen-bond donors (Lipinski definition) is 0. The summed E-state index contributed by atoms with van der Waals surface area (Å²) in [7, 11) is 0. The Morgan fingerprint density at radius 2 is 1.24 bits per heavy atom. The van der Waals surface area contributed by atoms with Gasteiger partial charge in [-0.05, 0) is 68.9 Å². The molecule has 0 radical (unpaired) electrons. The minimum absolute atomic E-state index is 1.08. The van der Waals surface area contributed by atoms with E-state index >= 15 is 0 Å². The van der Waals surface area contributed by atoms with Crippen LogP contribution in [0, 0.1) is 0 Å². The molecular weight excluding hydrogens is 348 g/mol. The molecule has 1 aliphatic rings. The minimum atomic E-state index is 1.08. The van der Waals surface area contributed by atoms with E-state index in [1.165, 1.54) is 54.2 Å². The smallest absolute Gasteiger partial charge is 0.00329 e. The third kappa shape index (κ3) is 3.11. The molecule has 0 amide bonds. The van der Waals surface area contributed by atoms with Crippen molar-refractivity contribution >= 4 is 44.0 Å². The number of hydrogen-bond acceptors (Lipinski definition) is 0. The van der Waals surface area contributed by atoms with Gasteiger partial charge < -0.3 is 0 Å². The lowest BCUT2D eigenvalue weighted by Gasteiger charge is -2.11. The molecule has 0 bridgehead atoms. The van der Waals surface area contributed by atoms with Crippen molar-refractivity contribution in [1.82, 2.24) is 0 Å². The van der Waals surface area contributed by atoms with Crippen molar-refractivity contribution in [3.63, 3.8) is 0 Å². The largest absolute Gasteiger partial charge is 0.0795 e. The van der Waals surface area contributed by atoms with Gasteiger partial charge in [-0.3, -0.25) is 0 Å². The first-order valence-electron chi connectivity index (χ1n) is 10.3. The van der Waals surface area contributed by atoms with Crippen LogP contribution in [0.15, 0.2) is 91.0 Å². The maximum absolute atomic E-state index is 2.23. The van der Waals surface area contributed by atoms with Crippen molar-refractivity contribution < 1.29 is 0 Å². The lowest BCUT2D eigenvalue weighted by Crippen LogP contribution is -2.04. The second kappa shape index (κ2) is 7.22. The van der Waals surface area contributed by atoms with Crippen LogP contribution in [-0.4, -0.2) is 0 Å². The van der Waals surface area contributed by atoms with Gasteiger partial charge in [0.05, 0.1) is 0 Å². The zero-order valence-electron chi connectivity index (χ0n) is 16.9. The maximum atomic E-state index is 2.23. The molecule has 0 spiro atoms. The first-order chi connectivity index (χ1) is 14.2. The highest BCUT2D eigenvalue weighted by molar-refractivity contribution is 6.10. The van der Waals surface area contributed by atoms with E-state index in [4.69, 9.17) is 0 Å². The van der Waals surface area contributed by atoms with Gasteiger partial charge in [0.2, 0.25) is 0 Å². The predicted octanol–water partition coefficient (Wildman–Crippen LogP) is 7.31. The summed E-state index contributed by atoms with van der Waals surface area (Å²) in [5, 5.41) is 9.59. The molecule has 0 aliphatic heterocycles. The highest BCUT2D eigenvalue weighted by Crippen LogP contribution is 2.28. The van der Waals surface area contributed by atoms with Crippen molar-refractivity contribution in [2.24, 2.45) is 0 Å². The summed E-state index contributed by atoms with van der Waals surface area (Å²) >= 11 is 0. The second-order valence-electron chi connectivity index (χ2n) is 7.97. The van der Waals surface area contributed by atoms with Crippen LogP contribution >= 0.6 is 0 Å². The third-order valence-corrected chi connectivity index (χ3v) is 5.85. The van der Waals surface area contributed by atoms with E-state index in [0.717, 1.165) is 6.42 Å². The van der Waals surface area contributed by atoms with Crippen LogP contribution in [0.1, 0.15) is 25.0 Å². The maximum Gasteiger partial charge on any atom is -0.00329 e. The van der Waals surface area contributed by atoms with Gasteiger partial charge in [0.25, 0.3) is 0 Å². The van der Waals surface area contributed by atoms with Crippen LogP contribution in [0.2, 0.25) is 0 Å². The number of rotatable bonds is 0. The molecule has 5 aromatic carbocycles. The highest BCUT2D eigenvalue weighted by atomic mass is 14.1. The topological polar surface area (TPSA) is 0 Å². The zero-order chi connectivity index (χ0) is 19.8. The second-order valence-corrected chi connectivity index (χ2v) is 7.97. The molecule has 0 aromatic heterocycles. The molecule has 5 aromatic rings. The van der Waals surface area contributed by atoms with E-state index < -0.39 is 0 Å². The van der Waals surface area contributed by atoms with E-state index in [1.807, 2.05) is 0 Å². The molecule has 0 heterocycles. The summed E-state index contributed by atoms with van der Waals surface area (Å²) in [6, 6.07) is 30.5. The summed E-state index contributed by atoms with van der Waals surface area (Å²) in [6.45, 7) is 4.35. The van der Waals surface area contributed by atoms with Crippen LogP contribution in [0.25, 0.3) is 44.0 Å². The molecular formula is C29H24. The van der Waals surface area contributed by atoms with Crippen molar-refractivity contribution in [3.8, 4) is 0 Å². The average Bonchev–Trinajstić information content (AvgIpc) is 2.75. The van der Waals surface area contributed by atoms with Crippen LogP contribution in [0.5, 0.6) is 0 Å². The number of benzene rings is 5. The van der Waals surface area contributed by atoms with Gasteiger partial charge in [-0.25, -0.2) is 0 Å². The van der Waals surface area contributed by atoms with Crippen LogP contribution in [0.3, 0.4) is 0 Å². The average molecular weight is 373 g/mol. The quantitative estimate of drug-likeness (QED) is 0.267. The fourth-order valence-corrected chi connectivity index (χ4v) is 4.50. The summed E-state index contributed by atoms with van der Waals surface area (Å²) in [6.07, 6.45) is 5.53. The summed E-state index contributed by atoms with van der Waals surface area (Å²) in [4.78, 5) is 0. The van der Waals surface area contributed by atoms with E-state index in [0.29, 0.717) is 0 Å². The van der Waals surface area contributed by atoms with E-state index in [-0.39, 0.29) is 0 Å². The Kier molecular flexibility index (Phi) is 4.41. The van der Waals surface area contributed by atoms with Crippen molar-refractivity contribution in [1.29, 1.82) is 0 Å². The van der Waals surface area contributed by atoms with E-state index in [9.17, 15) is 0 Å². The summed E-state index contributed by atoms with van der Waals surface area (Å²) in [5.41, 5.74) is 4.19. The molecule has 1 aliphatic carbocycles. The molecule has 0 N–H and O–H groups in total. The molecule has 0 nitrogen and oxygen atoms in total. The Hall–Kier alpha value is -3.38. The Morgan fingerprint density at radius 3 is 2.00 bits per heavy atom. The van der Waals surface area contributed by atoms with Gasteiger partial charge in [0.15, 0.2) is 0 Å². The zero-order valence-corrected chi connectivity index (χ0v) is 16.9. The fraction of sp³-hybridized carbons (Fsp3) is 0.103. The van der Waals surface area contributed by atoms with E-state index in [1.54, 1.807) is 0 Å².